The zero-order valence-corrected chi connectivity index (χ0v) is 19.0. The standard InChI is InChI=1S/C24H18ClFN4O2S/c1-14-20(23-28-22(29-32-23)19-7-4-12-33-19)21(15-8-10-17(25)11-9-15)27-24(31)30(14)13-16-5-2-3-6-18(16)26/h2-12,21H,13H2,1H3,(H,27,31). The van der Waals surface area contributed by atoms with E-state index in [0.717, 1.165) is 10.4 Å². The molecule has 4 aromatic rings. The number of hydrogen-bond acceptors (Lipinski definition) is 5. The number of amides is 2. The number of rotatable bonds is 5. The van der Waals surface area contributed by atoms with E-state index in [2.05, 4.69) is 15.5 Å². The number of halogens is 2. The van der Waals surface area contributed by atoms with Gasteiger partial charge < -0.3 is 9.84 Å². The maximum absolute atomic E-state index is 14.3. The van der Waals surface area contributed by atoms with Crippen LogP contribution in [0.5, 0.6) is 0 Å². The smallest absolute Gasteiger partial charge is 0.322 e. The Morgan fingerprint density at radius 1 is 1.15 bits per heavy atom. The third-order valence-corrected chi connectivity index (χ3v) is 6.60. The van der Waals surface area contributed by atoms with E-state index in [1.807, 2.05) is 29.6 Å². The highest BCUT2D eigenvalue weighted by Crippen LogP contribution is 2.38. The maximum Gasteiger partial charge on any atom is 0.322 e. The van der Waals surface area contributed by atoms with Crippen LogP contribution in [0.25, 0.3) is 16.3 Å². The van der Waals surface area contributed by atoms with E-state index in [-0.39, 0.29) is 24.3 Å². The van der Waals surface area contributed by atoms with Crippen molar-refractivity contribution < 1.29 is 13.7 Å². The number of hydrogen-bond donors (Lipinski definition) is 1. The van der Waals surface area contributed by atoms with Gasteiger partial charge in [0, 0.05) is 16.3 Å². The molecule has 0 spiro atoms. The molecule has 0 saturated heterocycles. The van der Waals surface area contributed by atoms with Crippen LogP contribution in [0.1, 0.15) is 30.0 Å². The van der Waals surface area contributed by atoms with Crippen molar-refractivity contribution in [3.63, 3.8) is 0 Å². The van der Waals surface area contributed by atoms with Crippen LogP contribution in [0.3, 0.4) is 0 Å². The fourth-order valence-corrected chi connectivity index (χ4v) is 4.56. The Morgan fingerprint density at radius 2 is 1.94 bits per heavy atom. The van der Waals surface area contributed by atoms with Crippen LogP contribution in [0, 0.1) is 5.82 Å². The van der Waals surface area contributed by atoms with Crippen LogP contribution < -0.4 is 5.32 Å². The monoisotopic (exact) mass is 480 g/mol. The van der Waals surface area contributed by atoms with Gasteiger partial charge in [0.15, 0.2) is 0 Å². The quantitative estimate of drug-likeness (QED) is 0.364. The highest BCUT2D eigenvalue weighted by atomic mass is 35.5. The predicted molar refractivity (Wildman–Crippen MR) is 125 cm³/mol. The molecule has 0 fully saturated rings. The SMILES string of the molecule is CC1=C(c2nc(-c3cccs3)no2)C(c2ccc(Cl)cc2)NC(=O)N1Cc1ccccc1F. The van der Waals surface area contributed by atoms with Crippen molar-refractivity contribution in [3.05, 3.63) is 99.6 Å². The molecule has 9 heteroatoms. The number of urea groups is 1. The van der Waals surface area contributed by atoms with Crippen molar-refractivity contribution in [2.24, 2.45) is 0 Å². The topological polar surface area (TPSA) is 71.3 Å². The molecular formula is C24H18ClFN4O2S. The van der Waals surface area contributed by atoms with Gasteiger partial charge in [-0.05, 0) is 42.1 Å². The molecule has 5 rings (SSSR count). The summed E-state index contributed by atoms with van der Waals surface area (Å²) in [5.41, 5.74) is 2.46. The van der Waals surface area contributed by atoms with Crippen LogP contribution in [0.15, 0.2) is 76.3 Å². The number of carbonyl (C=O) groups is 1. The van der Waals surface area contributed by atoms with Crippen LogP contribution in [-0.2, 0) is 6.54 Å². The van der Waals surface area contributed by atoms with Gasteiger partial charge in [-0.25, -0.2) is 9.18 Å². The highest BCUT2D eigenvalue weighted by Gasteiger charge is 2.36. The van der Waals surface area contributed by atoms with Gasteiger partial charge in [-0.2, -0.15) is 4.98 Å². The first kappa shape index (κ1) is 21.4. The molecule has 1 atom stereocenters. The zero-order chi connectivity index (χ0) is 22.9. The fraction of sp³-hybridized carbons (Fsp3) is 0.125. The number of thiophene rings is 1. The second kappa shape index (κ2) is 8.80. The Bertz CT molecular complexity index is 1330. The van der Waals surface area contributed by atoms with Crippen LogP contribution in [0.4, 0.5) is 9.18 Å². The summed E-state index contributed by atoms with van der Waals surface area (Å²) in [7, 11) is 0. The minimum Gasteiger partial charge on any atom is -0.334 e. The number of carbonyl (C=O) groups excluding carboxylic acids is 1. The molecule has 6 nitrogen and oxygen atoms in total. The van der Waals surface area contributed by atoms with Gasteiger partial charge in [-0.3, -0.25) is 4.90 Å². The Kier molecular flexibility index (Phi) is 5.70. The molecule has 1 N–H and O–H groups in total. The number of benzene rings is 2. The van der Waals surface area contributed by atoms with Crippen LogP contribution in [0.2, 0.25) is 5.02 Å². The first-order chi connectivity index (χ1) is 16.0. The first-order valence-electron chi connectivity index (χ1n) is 10.2. The molecular weight excluding hydrogens is 463 g/mol. The second-order valence-corrected chi connectivity index (χ2v) is 8.90. The van der Waals surface area contributed by atoms with Gasteiger partial charge in [-0.1, -0.05) is 53.2 Å². The van der Waals surface area contributed by atoms with Crippen molar-refractivity contribution in [2.45, 2.75) is 19.5 Å². The average Bonchev–Trinajstić information content (AvgIpc) is 3.50. The summed E-state index contributed by atoms with van der Waals surface area (Å²) in [6.07, 6.45) is 0. The Morgan fingerprint density at radius 3 is 2.67 bits per heavy atom. The number of aromatic nitrogens is 2. The number of nitrogens with one attached hydrogen (secondary N) is 1. The lowest BCUT2D eigenvalue weighted by atomic mass is 9.94. The Balaban J connectivity index is 1.61. The minimum atomic E-state index is -0.539. The van der Waals surface area contributed by atoms with Crippen molar-refractivity contribution in [1.29, 1.82) is 0 Å². The number of nitrogens with zero attached hydrogens (tertiary/aromatic N) is 3. The van der Waals surface area contributed by atoms with Crippen molar-refractivity contribution in [3.8, 4) is 10.7 Å². The van der Waals surface area contributed by atoms with E-state index >= 15 is 0 Å². The summed E-state index contributed by atoms with van der Waals surface area (Å²) in [4.78, 5) is 20.1. The van der Waals surface area contributed by atoms with Crippen molar-refractivity contribution >= 4 is 34.5 Å². The molecule has 0 aliphatic carbocycles. The molecule has 166 valence electrons. The van der Waals surface area contributed by atoms with E-state index in [0.29, 0.717) is 27.7 Å². The van der Waals surface area contributed by atoms with Crippen LogP contribution in [-0.4, -0.2) is 21.1 Å². The Labute approximate surface area is 198 Å². The van der Waals surface area contributed by atoms with E-state index in [1.54, 1.807) is 37.3 Å². The zero-order valence-electron chi connectivity index (χ0n) is 17.5. The molecule has 1 unspecified atom stereocenters. The molecule has 1 aliphatic heterocycles. The number of allylic oxidation sites excluding steroid dienone is 1. The lowest BCUT2D eigenvalue weighted by Gasteiger charge is -2.35. The lowest BCUT2D eigenvalue weighted by Crippen LogP contribution is -2.45. The van der Waals surface area contributed by atoms with E-state index in [4.69, 9.17) is 16.1 Å². The average molecular weight is 481 g/mol. The summed E-state index contributed by atoms with van der Waals surface area (Å²) < 4.78 is 20.0. The van der Waals surface area contributed by atoms with E-state index in [1.165, 1.54) is 22.3 Å². The highest BCUT2D eigenvalue weighted by molar-refractivity contribution is 7.13. The molecule has 33 heavy (non-hydrogen) atoms. The fourth-order valence-electron chi connectivity index (χ4n) is 3.79. The predicted octanol–water partition coefficient (Wildman–Crippen LogP) is 6.29. The van der Waals surface area contributed by atoms with Gasteiger partial charge in [0.25, 0.3) is 5.89 Å². The molecule has 3 heterocycles. The van der Waals surface area contributed by atoms with Gasteiger partial charge >= 0.3 is 6.03 Å². The van der Waals surface area contributed by atoms with Crippen molar-refractivity contribution in [1.82, 2.24) is 20.4 Å². The summed E-state index contributed by atoms with van der Waals surface area (Å²) >= 11 is 7.57. The van der Waals surface area contributed by atoms with Gasteiger partial charge in [0.05, 0.1) is 23.0 Å². The molecule has 2 amide bonds. The lowest BCUT2D eigenvalue weighted by molar-refractivity contribution is 0.202. The molecule has 2 aromatic heterocycles. The molecule has 2 aromatic carbocycles. The van der Waals surface area contributed by atoms with E-state index in [9.17, 15) is 9.18 Å². The normalized spacial score (nSPS) is 16.3. The third-order valence-electron chi connectivity index (χ3n) is 5.48. The summed E-state index contributed by atoms with van der Waals surface area (Å²) in [6, 6.07) is 16.5. The van der Waals surface area contributed by atoms with E-state index < -0.39 is 6.04 Å². The van der Waals surface area contributed by atoms with Crippen molar-refractivity contribution in [2.75, 3.05) is 0 Å². The van der Waals surface area contributed by atoms with Gasteiger partial charge in [0.1, 0.15) is 5.82 Å². The first-order valence-corrected chi connectivity index (χ1v) is 11.4. The second-order valence-electron chi connectivity index (χ2n) is 7.51. The summed E-state index contributed by atoms with van der Waals surface area (Å²) in [6.45, 7) is 1.86. The minimum absolute atomic E-state index is 0.0626. The molecule has 0 saturated carbocycles. The maximum atomic E-state index is 14.3. The van der Waals surface area contributed by atoms with Gasteiger partial charge in [0.2, 0.25) is 5.82 Å². The Hall–Kier alpha value is -3.49. The largest absolute Gasteiger partial charge is 0.334 e. The molecule has 0 radical (unpaired) electrons. The summed E-state index contributed by atoms with van der Waals surface area (Å²) in [5.74, 6) is 0.374. The summed E-state index contributed by atoms with van der Waals surface area (Å²) in [5, 5.41) is 9.65. The van der Waals surface area contributed by atoms with Gasteiger partial charge in [-0.15, -0.1) is 11.3 Å². The third kappa shape index (κ3) is 4.15. The van der Waals surface area contributed by atoms with Crippen LogP contribution >= 0.6 is 22.9 Å². The molecule has 0 bridgehead atoms. The molecule has 1 aliphatic rings.